The van der Waals surface area contributed by atoms with Crippen LogP contribution in [0.15, 0.2) is 48.6 Å². The molecule has 0 aromatic heterocycles. The number of esters is 1. The van der Waals surface area contributed by atoms with Gasteiger partial charge in [0.05, 0.1) is 25.4 Å². The van der Waals surface area contributed by atoms with Crippen LogP contribution in [-0.2, 0) is 14.3 Å². The number of carbonyl (C=O) groups excluding carboxylic acids is 2. The van der Waals surface area contributed by atoms with Gasteiger partial charge in [-0.05, 0) is 83.5 Å². The van der Waals surface area contributed by atoms with E-state index in [1.807, 2.05) is 6.08 Å². The van der Waals surface area contributed by atoms with E-state index in [1.54, 1.807) is 6.08 Å². The molecule has 0 fully saturated rings. The molecule has 0 saturated heterocycles. The Morgan fingerprint density at radius 2 is 0.800 bits per heavy atom. The van der Waals surface area contributed by atoms with Crippen molar-refractivity contribution >= 4 is 11.9 Å². The minimum Gasteiger partial charge on any atom is -0.466 e. The first-order valence-corrected chi connectivity index (χ1v) is 28.4. The molecule has 0 aromatic rings. The molecule has 0 radical (unpaired) electrons. The number of ether oxygens (including phenoxy) is 1. The average molecular weight is 913 g/mol. The van der Waals surface area contributed by atoms with Crippen LogP contribution in [0.5, 0.6) is 0 Å². The Kier molecular flexibility index (Phi) is 52.6. The maximum Gasteiger partial charge on any atom is 0.305 e. The summed E-state index contributed by atoms with van der Waals surface area (Å²) in [5, 5.41) is 23.1. The summed E-state index contributed by atoms with van der Waals surface area (Å²) in [5.41, 5.74) is 0. The molecule has 2 unspecified atom stereocenters. The molecule has 3 N–H and O–H groups in total. The van der Waals surface area contributed by atoms with Gasteiger partial charge < -0.3 is 20.3 Å². The lowest BCUT2D eigenvalue weighted by molar-refractivity contribution is -0.143. The van der Waals surface area contributed by atoms with Gasteiger partial charge in [-0.1, -0.05) is 242 Å². The van der Waals surface area contributed by atoms with E-state index >= 15 is 0 Å². The molecule has 0 bridgehead atoms. The first kappa shape index (κ1) is 62.8. The van der Waals surface area contributed by atoms with E-state index in [1.165, 1.54) is 186 Å². The predicted octanol–water partition coefficient (Wildman–Crippen LogP) is 17.4. The normalized spacial score (nSPS) is 13.0. The van der Waals surface area contributed by atoms with E-state index in [4.69, 9.17) is 4.74 Å². The van der Waals surface area contributed by atoms with Gasteiger partial charge in [-0.25, -0.2) is 0 Å². The number of carbonyl (C=O) groups is 2. The quantitative estimate of drug-likeness (QED) is 0.0321. The van der Waals surface area contributed by atoms with Gasteiger partial charge in [0, 0.05) is 12.8 Å². The molecule has 0 aliphatic heterocycles. The first-order valence-electron chi connectivity index (χ1n) is 28.4. The average Bonchev–Trinajstić information content (AvgIpc) is 3.31. The summed E-state index contributed by atoms with van der Waals surface area (Å²) >= 11 is 0. The van der Waals surface area contributed by atoms with Crippen LogP contribution < -0.4 is 5.32 Å². The largest absolute Gasteiger partial charge is 0.466 e. The monoisotopic (exact) mass is 912 g/mol. The second-order valence-corrected chi connectivity index (χ2v) is 19.3. The number of hydrogen-bond acceptors (Lipinski definition) is 5. The zero-order valence-corrected chi connectivity index (χ0v) is 43.2. The van der Waals surface area contributed by atoms with Crippen LogP contribution in [0.25, 0.3) is 0 Å². The van der Waals surface area contributed by atoms with Crippen molar-refractivity contribution in [3.05, 3.63) is 48.6 Å². The van der Waals surface area contributed by atoms with Crippen LogP contribution in [0.4, 0.5) is 0 Å². The Labute approximate surface area is 404 Å². The van der Waals surface area contributed by atoms with Crippen LogP contribution in [-0.4, -0.2) is 47.4 Å². The Bertz CT molecular complexity index is 1100. The minimum absolute atomic E-state index is 0.0197. The Morgan fingerprint density at radius 1 is 0.431 bits per heavy atom. The summed E-state index contributed by atoms with van der Waals surface area (Å²) in [6.07, 6.45) is 68.4. The molecular formula is C59H109NO5. The van der Waals surface area contributed by atoms with Crippen LogP contribution >= 0.6 is 0 Å². The van der Waals surface area contributed by atoms with E-state index in [0.29, 0.717) is 19.4 Å². The molecule has 0 saturated carbocycles. The predicted molar refractivity (Wildman–Crippen MR) is 282 cm³/mol. The van der Waals surface area contributed by atoms with Crippen molar-refractivity contribution in [2.24, 2.45) is 0 Å². The summed E-state index contributed by atoms with van der Waals surface area (Å²) in [4.78, 5) is 24.5. The topological polar surface area (TPSA) is 95.9 Å². The van der Waals surface area contributed by atoms with Crippen LogP contribution in [0, 0.1) is 0 Å². The molecule has 0 spiro atoms. The molecule has 0 rings (SSSR count). The van der Waals surface area contributed by atoms with Crippen molar-refractivity contribution in [1.29, 1.82) is 0 Å². The van der Waals surface area contributed by atoms with Crippen LogP contribution in [0.3, 0.4) is 0 Å². The number of aliphatic hydroxyl groups excluding tert-OH is 2. The van der Waals surface area contributed by atoms with Crippen molar-refractivity contribution in [2.75, 3.05) is 13.2 Å². The molecule has 6 nitrogen and oxygen atoms in total. The smallest absolute Gasteiger partial charge is 0.305 e. The summed E-state index contributed by atoms with van der Waals surface area (Å²) in [6, 6.07) is -0.642. The highest BCUT2D eigenvalue weighted by atomic mass is 16.5. The maximum atomic E-state index is 12.5. The fraction of sp³-hybridized carbons (Fsp3) is 0.831. The highest BCUT2D eigenvalue weighted by Gasteiger charge is 2.18. The Balaban J connectivity index is 3.52. The molecule has 65 heavy (non-hydrogen) atoms. The zero-order valence-electron chi connectivity index (χ0n) is 43.2. The first-order chi connectivity index (χ1) is 32.0. The number of hydrogen-bond donors (Lipinski definition) is 3. The van der Waals surface area contributed by atoms with E-state index in [2.05, 4.69) is 55.6 Å². The number of nitrogens with one attached hydrogen (secondary N) is 1. The number of allylic oxidation sites excluding steroid dienone is 7. The second kappa shape index (κ2) is 54.4. The Hall–Kier alpha value is -2.18. The van der Waals surface area contributed by atoms with Gasteiger partial charge in [0.1, 0.15) is 0 Å². The van der Waals surface area contributed by atoms with Crippen molar-refractivity contribution in [3.63, 3.8) is 0 Å². The van der Waals surface area contributed by atoms with Crippen LogP contribution in [0.1, 0.15) is 290 Å². The molecule has 1 amide bonds. The van der Waals surface area contributed by atoms with Crippen LogP contribution in [0.2, 0.25) is 0 Å². The van der Waals surface area contributed by atoms with Crippen molar-refractivity contribution < 1.29 is 24.5 Å². The molecule has 0 aromatic carbocycles. The second-order valence-electron chi connectivity index (χ2n) is 19.3. The number of aliphatic hydroxyl groups is 2. The molecule has 0 aliphatic rings. The van der Waals surface area contributed by atoms with Gasteiger partial charge in [0.15, 0.2) is 0 Å². The van der Waals surface area contributed by atoms with E-state index in [-0.39, 0.29) is 18.5 Å². The zero-order chi connectivity index (χ0) is 47.2. The standard InChI is InChI=1S/C59H109NO5/c1-3-5-7-9-11-13-15-17-18-19-20-21-24-28-31-35-39-43-47-51-57(62)56(55-61)60-58(63)52-48-44-40-36-32-29-25-22-23-26-30-34-38-42-46-50-54-65-59(64)53-49-45-41-37-33-27-16-14-12-10-8-6-4-2/h8,10,14,16,22,25,47,51,56-57,61-62H,3-7,9,11-13,15,17-21,23-24,26-46,48-50,52-55H2,1-2H3,(H,60,63)/b10-8-,16-14-,25-22-,51-47+. The fourth-order valence-electron chi connectivity index (χ4n) is 8.43. The minimum atomic E-state index is -0.857. The highest BCUT2D eigenvalue weighted by molar-refractivity contribution is 5.76. The van der Waals surface area contributed by atoms with Crippen molar-refractivity contribution in [1.82, 2.24) is 5.32 Å². The molecular weight excluding hydrogens is 803 g/mol. The lowest BCUT2D eigenvalue weighted by Gasteiger charge is -2.20. The van der Waals surface area contributed by atoms with Gasteiger partial charge in [-0.15, -0.1) is 0 Å². The third-order valence-electron chi connectivity index (χ3n) is 12.8. The van der Waals surface area contributed by atoms with E-state index in [9.17, 15) is 19.8 Å². The molecule has 2 atom stereocenters. The van der Waals surface area contributed by atoms with Gasteiger partial charge in [-0.3, -0.25) is 9.59 Å². The summed E-state index contributed by atoms with van der Waals surface area (Å²) in [7, 11) is 0. The summed E-state index contributed by atoms with van der Waals surface area (Å²) in [5.74, 6) is -0.105. The van der Waals surface area contributed by atoms with Crippen molar-refractivity contribution in [2.45, 2.75) is 302 Å². The van der Waals surface area contributed by atoms with Crippen molar-refractivity contribution in [3.8, 4) is 0 Å². The third-order valence-corrected chi connectivity index (χ3v) is 12.8. The van der Waals surface area contributed by atoms with Gasteiger partial charge in [0.2, 0.25) is 5.91 Å². The number of amides is 1. The summed E-state index contributed by atoms with van der Waals surface area (Å²) in [6.45, 7) is 4.81. The molecule has 0 heterocycles. The lowest BCUT2D eigenvalue weighted by Crippen LogP contribution is -2.45. The third kappa shape index (κ3) is 51.1. The van der Waals surface area contributed by atoms with E-state index < -0.39 is 12.1 Å². The van der Waals surface area contributed by atoms with Gasteiger partial charge in [-0.2, -0.15) is 0 Å². The lowest BCUT2D eigenvalue weighted by atomic mass is 10.0. The molecule has 6 heteroatoms. The van der Waals surface area contributed by atoms with E-state index in [0.717, 1.165) is 77.0 Å². The highest BCUT2D eigenvalue weighted by Crippen LogP contribution is 2.16. The maximum absolute atomic E-state index is 12.5. The molecule has 380 valence electrons. The Morgan fingerprint density at radius 3 is 1.25 bits per heavy atom. The van der Waals surface area contributed by atoms with Gasteiger partial charge >= 0.3 is 5.97 Å². The molecule has 0 aliphatic carbocycles. The fourth-order valence-corrected chi connectivity index (χ4v) is 8.43. The summed E-state index contributed by atoms with van der Waals surface area (Å²) < 4.78 is 5.45. The van der Waals surface area contributed by atoms with Gasteiger partial charge in [0.25, 0.3) is 0 Å². The SMILES string of the molecule is CCC/C=C\C/C=C\CCCCCCCC(=O)OCCCCCCCCC/C=C\CCCCCCCC(=O)NC(CO)C(O)/C=C/CCCCCCCCCCCCCCCCCCC. The number of unbranched alkanes of at least 4 members (excludes halogenated alkanes) is 35. The number of rotatable bonds is 52.